The van der Waals surface area contributed by atoms with Crippen molar-refractivity contribution in [1.82, 2.24) is 9.78 Å². The molecule has 0 spiro atoms. The molecule has 2 unspecified atom stereocenters. The maximum atomic E-state index is 12.4. The number of carbonyl (C=O) groups excluding carboxylic acids is 1. The fourth-order valence-corrected chi connectivity index (χ4v) is 4.64. The first kappa shape index (κ1) is 16.9. The predicted molar refractivity (Wildman–Crippen MR) is 107 cm³/mol. The van der Waals surface area contributed by atoms with Crippen molar-refractivity contribution in [2.45, 2.75) is 25.1 Å². The van der Waals surface area contributed by atoms with Crippen LogP contribution in [0, 0.1) is 6.92 Å². The lowest BCUT2D eigenvalue weighted by Crippen LogP contribution is -2.18. The topological polar surface area (TPSA) is 46.9 Å². The second kappa shape index (κ2) is 7.00. The van der Waals surface area contributed by atoms with Crippen LogP contribution in [-0.4, -0.2) is 21.4 Å². The third-order valence-electron chi connectivity index (χ3n) is 4.78. The standard InChI is InChI=1S/C21H21N3OS/c1-14-19-20(17-11-7-4-8-12-17)26-13-18(25)22-21(19)24(23-14)15(2)16-9-5-3-6-10-16/h3-12,15,20H,13H2,1-2H3,(H,22,25). The fourth-order valence-electron chi connectivity index (χ4n) is 3.45. The predicted octanol–water partition coefficient (Wildman–Crippen LogP) is 4.58. The molecule has 4 nitrogen and oxygen atoms in total. The molecular formula is C21H21N3OS. The van der Waals surface area contributed by atoms with Crippen LogP contribution >= 0.6 is 11.8 Å². The zero-order chi connectivity index (χ0) is 18.1. The molecule has 1 aliphatic rings. The van der Waals surface area contributed by atoms with Gasteiger partial charge in [-0.1, -0.05) is 60.7 Å². The van der Waals surface area contributed by atoms with Gasteiger partial charge in [0.2, 0.25) is 5.91 Å². The lowest BCUT2D eigenvalue weighted by Gasteiger charge is -2.18. The molecule has 0 bridgehead atoms. The van der Waals surface area contributed by atoms with Crippen molar-refractivity contribution in [3.05, 3.63) is 83.0 Å². The van der Waals surface area contributed by atoms with Crippen molar-refractivity contribution in [2.24, 2.45) is 0 Å². The second-order valence-electron chi connectivity index (χ2n) is 6.53. The van der Waals surface area contributed by atoms with Crippen LogP contribution in [0.5, 0.6) is 0 Å². The Balaban J connectivity index is 1.84. The Hall–Kier alpha value is -2.53. The monoisotopic (exact) mass is 363 g/mol. The highest BCUT2D eigenvalue weighted by atomic mass is 32.2. The van der Waals surface area contributed by atoms with E-state index in [4.69, 9.17) is 5.10 Å². The summed E-state index contributed by atoms with van der Waals surface area (Å²) in [5, 5.41) is 8.01. The van der Waals surface area contributed by atoms with Crippen LogP contribution in [-0.2, 0) is 4.79 Å². The average molecular weight is 363 g/mol. The van der Waals surface area contributed by atoms with Gasteiger partial charge in [-0.3, -0.25) is 4.79 Å². The Morgan fingerprint density at radius 2 is 1.77 bits per heavy atom. The van der Waals surface area contributed by atoms with Crippen molar-refractivity contribution in [2.75, 3.05) is 11.1 Å². The van der Waals surface area contributed by atoms with Crippen LogP contribution < -0.4 is 5.32 Å². The third kappa shape index (κ3) is 3.03. The number of hydrogen-bond acceptors (Lipinski definition) is 3. The number of anilines is 1. The van der Waals surface area contributed by atoms with Gasteiger partial charge in [0.25, 0.3) is 0 Å². The summed E-state index contributed by atoms with van der Waals surface area (Å²) in [5.41, 5.74) is 4.44. The van der Waals surface area contributed by atoms with Crippen LogP contribution in [0.2, 0.25) is 0 Å². The van der Waals surface area contributed by atoms with Gasteiger partial charge in [0.05, 0.1) is 22.7 Å². The Kier molecular flexibility index (Phi) is 4.55. The largest absolute Gasteiger partial charge is 0.310 e. The van der Waals surface area contributed by atoms with Crippen molar-refractivity contribution >= 4 is 23.5 Å². The molecule has 3 aromatic rings. The molecule has 2 heterocycles. The molecule has 132 valence electrons. The van der Waals surface area contributed by atoms with Gasteiger partial charge in [-0.05, 0) is 25.0 Å². The molecule has 4 rings (SSSR count). The number of benzene rings is 2. The van der Waals surface area contributed by atoms with E-state index in [0.717, 1.165) is 17.1 Å². The van der Waals surface area contributed by atoms with E-state index < -0.39 is 0 Å². The minimum Gasteiger partial charge on any atom is -0.310 e. The van der Waals surface area contributed by atoms with E-state index in [-0.39, 0.29) is 17.2 Å². The zero-order valence-electron chi connectivity index (χ0n) is 14.8. The number of fused-ring (bicyclic) bond motifs is 1. The highest BCUT2D eigenvalue weighted by Gasteiger charge is 2.31. The molecule has 26 heavy (non-hydrogen) atoms. The zero-order valence-corrected chi connectivity index (χ0v) is 15.7. The molecule has 0 saturated heterocycles. The summed E-state index contributed by atoms with van der Waals surface area (Å²) < 4.78 is 1.96. The highest BCUT2D eigenvalue weighted by Crippen LogP contribution is 2.44. The van der Waals surface area contributed by atoms with Crippen LogP contribution in [0.25, 0.3) is 0 Å². The molecule has 5 heteroatoms. The van der Waals surface area contributed by atoms with Gasteiger partial charge in [-0.25, -0.2) is 4.68 Å². The summed E-state index contributed by atoms with van der Waals surface area (Å²) in [6.07, 6.45) is 0. The van der Waals surface area contributed by atoms with Gasteiger partial charge in [-0.2, -0.15) is 5.10 Å². The molecule has 1 amide bonds. The summed E-state index contributed by atoms with van der Waals surface area (Å²) in [4.78, 5) is 12.4. The minimum absolute atomic E-state index is 0.0242. The molecule has 1 aromatic heterocycles. The van der Waals surface area contributed by atoms with E-state index >= 15 is 0 Å². The van der Waals surface area contributed by atoms with Gasteiger partial charge in [-0.15, -0.1) is 11.8 Å². The lowest BCUT2D eigenvalue weighted by atomic mass is 10.0. The highest BCUT2D eigenvalue weighted by molar-refractivity contribution is 8.00. The first-order chi connectivity index (χ1) is 12.6. The Morgan fingerprint density at radius 1 is 1.12 bits per heavy atom. The number of amides is 1. The summed E-state index contributed by atoms with van der Waals surface area (Å²) in [5.74, 6) is 1.28. The molecule has 0 radical (unpaired) electrons. The van der Waals surface area contributed by atoms with Crippen molar-refractivity contribution in [3.63, 3.8) is 0 Å². The van der Waals surface area contributed by atoms with E-state index in [2.05, 4.69) is 36.5 Å². The van der Waals surface area contributed by atoms with E-state index in [9.17, 15) is 4.79 Å². The molecule has 0 aliphatic carbocycles. The molecule has 1 aliphatic heterocycles. The number of hydrogen-bond donors (Lipinski definition) is 1. The molecule has 1 N–H and O–H groups in total. The van der Waals surface area contributed by atoms with Crippen LogP contribution in [0.15, 0.2) is 60.7 Å². The average Bonchev–Trinajstić information content (AvgIpc) is 2.88. The number of aryl methyl sites for hydroxylation is 1. The number of rotatable bonds is 3. The molecule has 2 atom stereocenters. The van der Waals surface area contributed by atoms with Gasteiger partial charge in [0.15, 0.2) is 0 Å². The third-order valence-corrected chi connectivity index (χ3v) is 6.05. The van der Waals surface area contributed by atoms with E-state index in [1.54, 1.807) is 11.8 Å². The van der Waals surface area contributed by atoms with E-state index in [1.807, 2.05) is 48.0 Å². The van der Waals surface area contributed by atoms with Crippen LogP contribution in [0.4, 0.5) is 5.82 Å². The van der Waals surface area contributed by atoms with E-state index in [0.29, 0.717) is 5.75 Å². The molecular weight excluding hydrogens is 342 g/mol. The molecule has 0 fully saturated rings. The van der Waals surface area contributed by atoms with Gasteiger partial charge in [0, 0.05) is 5.56 Å². The van der Waals surface area contributed by atoms with Crippen LogP contribution in [0.1, 0.15) is 40.6 Å². The summed E-state index contributed by atoms with van der Waals surface area (Å²) in [6, 6.07) is 20.6. The minimum atomic E-state index is 0.0242. The number of nitrogens with zero attached hydrogens (tertiary/aromatic N) is 2. The van der Waals surface area contributed by atoms with Crippen molar-refractivity contribution in [1.29, 1.82) is 0 Å². The summed E-state index contributed by atoms with van der Waals surface area (Å²) in [7, 11) is 0. The molecule has 2 aromatic carbocycles. The number of thioether (sulfide) groups is 1. The Bertz CT molecular complexity index is 921. The first-order valence-corrected chi connectivity index (χ1v) is 9.80. The maximum absolute atomic E-state index is 12.4. The smallest absolute Gasteiger partial charge is 0.235 e. The number of aromatic nitrogens is 2. The van der Waals surface area contributed by atoms with Crippen molar-refractivity contribution < 1.29 is 4.79 Å². The first-order valence-electron chi connectivity index (χ1n) is 8.75. The number of nitrogens with one attached hydrogen (secondary N) is 1. The quantitative estimate of drug-likeness (QED) is 0.741. The normalized spacial score (nSPS) is 17.9. The maximum Gasteiger partial charge on any atom is 0.235 e. The molecule has 0 saturated carbocycles. The summed E-state index contributed by atoms with van der Waals surface area (Å²) >= 11 is 1.66. The Labute approximate surface area is 157 Å². The number of carbonyl (C=O) groups is 1. The van der Waals surface area contributed by atoms with Crippen molar-refractivity contribution in [3.8, 4) is 0 Å². The lowest BCUT2D eigenvalue weighted by molar-refractivity contribution is -0.113. The van der Waals surface area contributed by atoms with Gasteiger partial charge in [0.1, 0.15) is 5.82 Å². The van der Waals surface area contributed by atoms with Gasteiger partial charge < -0.3 is 5.32 Å². The second-order valence-corrected chi connectivity index (χ2v) is 7.62. The van der Waals surface area contributed by atoms with Gasteiger partial charge >= 0.3 is 0 Å². The van der Waals surface area contributed by atoms with Crippen LogP contribution in [0.3, 0.4) is 0 Å². The van der Waals surface area contributed by atoms with E-state index in [1.165, 1.54) is 11.1 Å². The fraction of sp³-hybridized carbons (Fsp3) is 0.238. The SMILES string of the molecule is Cc1nn(C(C)c2ccccc2)c2c1C(c1ccccc1)SCC(=O)N2. The summed E-state index contributed by atoms with van der Waals surface area (Å²) in [6.45, 7) is 4.14. The Morgan fingerprint density at radius 3 is 2.46 bits per heavy atom.